The summed E-state index contributed by atoms with van der Waals surface area (Å²) in [6.45, 7) is 3.90. The van der Waals surface area contributed by atoms with Crippen molar-refractivity contribution in [1.29, 1.82) is 0 Å². The molecule has 1 aromatic rings. The fraction of sp³-hybridized carbons (Fsp3) is 0.667. The van der Waals surface area contributed by atoms with Crippen molar-refractivity contribution in [2.45, 2.75) is 39.8 Å². The molecule has 1 aliphatic heterocycles. The van der Waals surface area contributed by atoms with Crippen LogP contribution in [0.1, 0.15) is 30.4 Å². The molecule has 0 aromatic carbocycles. The van der Waals surface area contributed by atoms with Gasteiger partial charge in [0, 0.05) is 24.3 Å². The van der Waals surface area contributed by atoms with E-state index >= 15 is 0 Å². The van der Waals surface area contributed by atoms with Gasteiger partial charge < -0.3 is 15.0 Å². The van der Waals surface area contributed by atoms with E-state index in [1.54, 1.807) is 18.7 Å². The van der Waals surface area contributed by atoms with E-state index in [2.05, 4.69) is 10.4 Å². The van der Waals surface area contributed by atoms with Gasteiger partial charge in [0.2, 0.25) is 11.8 Å². The summed E-state index contributed by atoms with van der Waals surface area (Å²) in [6.07, 6.45) is -0.0921. The number of aromatic nitrogens is 2. The third-order valence-corrected chi connectivity index (χ3v) is 4.07. The molecule has 1 aromatic heterocycles. The Morgan fingerprint density at radius 3 is 2.46 bits per heavy atom. The lowest BCUT2D eigenvalue weighted by atomic mass is 10.1. The van der Waals surface area contributed by atoms with E-state index in [1.807, 2.05) is 0 Å². The van der Waals surface area contributed by atoms with Crippen molar-refractivity contribution < 1.29 is 23.1 Å². The minimum atomic E-state index is -2.75. The van der Waals surface area contributed by atoms with Gasteiger partial charge in [-0.3, -0.25) is 9.59 Å². The first-order valence-electron chi connectivity index (χ1n) is 7.80. The van der Waals surface area contributed by atoms with Crippen LogP contribution in [-0.2, 0) is 20.7 Å². The number of nitrogens with one attached hydrogen (secondary N) is 1. The molecule has 0 spiro atoms. The maximum Gasteiger partial charge on any atom is 0.333 e. The molecule has 1 unspecified atom stereocenters. The van der Waals surface area contributed by atoms with Crippen LogP contribution in [0.15, 0.2) is 0 Å². The van der Waals surface area contributed by atoms with E-state index in [0.29, 0.717) is 42.2 Å². The lowest BCUT2D eigenvalue weighted by Gasteiger charge is -2.29. The van der Waals surface area contributed by atoms with Gasteiger partial charge in [-0.05, 0) is 20.8 Å². The fourth-order valence-corrected chi connectivity index (χ4v) is 2.72. The molecule has 1 atom stereocenters. The predicted molar refractivity (Wildman–Crippen MR) is 81.7 cm³/mol. The zero-order chi connectivity index (χ0) is 17.9. The summed E-state index contributed by atoms with van der Waals surface area (Å²) in [5, 5.41) is 6.37. The smallest absolute Gasteiger partial charge is 0.333 e. The molecule has 9 heteroatoms. The van der Waals surface area contributed by atoms with Crippen LogP contribution in [0.5, 0.6) is 0 Å². The van der Waals surface area contributed by atoms with E-state index < -0.39 is 18.5 Å². The van der Waals surface area contributed by atoms with Gasteiger partial charge in [-0.1, -0.05) is 0 Å². The maximum absolute atomic E-state index is 12.8. The molecule has 134 valence electrons. The van der Waals surface area contributed by atoms with Crippen LogP contribution in [0.3, 0.4) is 0 Å². The number of alkyl halides is 2. The van der Waals surface area contributed by atoms with Crippen molar-refractivity contribution in [3.8, 4) is 0 Å². The maximum atomic E-state index is 12.8. The van der Waals surface area contributed by atoms with E-state index in [-0.39, 0.29) is 18.0 Å². The highest BCUT2D eigenvalue weighted by Gasteiger charge is 2.25. The Morgan fingerprint density at radius 2 is 1.92 bits per heavy atom. The number of halogens is 2. The van der Waals surface area contributed by atoms with Gasteiger partial charge in [0.15, 0.2) is 0 Å². The van der Waals surface area contributed by atoms with Crippen molar-refractivity contribution >= 4 is 11.8 Å². The highest BCUT2D eigenvalue weighted by Crippen LogP contribution is 2.19. The predicted octanol–water partition coefficient (Wildman–Crippen LogP) is 0.801. The Kier molecular flexibility index (Phi) is 5.87. The molecule has 1 N–H and O–H groups in total. The second kappa shape index (κ2) is 7.69. The molecule has 0 radical (unpaired) electrons. The highest BCUT2D eigenvalue weighted by atomic mass is 19.3. The Balaban J connectivity index is 1.96. The molecule has 1 saturated heterocycles. The van der Waals surface area contributed by atoms with E-state index in [0.717, 1.165) is 0 Å². The topological polar surface area (TPSA) is 76.5 Å². The average Bonchev–Trinajstić information content (AvgIpc) is 2.83. The molecule has 2 rings (SSSR count). The molecule has 24 heavy (non-hydrogen) atoms. The average molecular weight is 344 g/mol. The second-order valence-corrected chi connectivity index (χ2v) is 5.78. The van der Waals surface area contributed by atoms with Gasteiger partial charge in [0.1, 0.15) is 6.04 Å². The van der Waals surface area contributed by atoms with Crippen LogP contribution < -0.4 is 5.32 Å². The van der Waals surface area contributed by atoms with E-state index in [9.17, 15) is 18.4 Å². The van der Waals surface area contributed by atoms with Gasteiger partial charge in [-0.15, -0.1) is 0 Å². The first-order valence-corrected chi connectivity index (χ1v) is 7.80. The Morgan fingerprint density at radius 1 is 1.29 bits per heavy atom. The van der Waals surface area contributed by atoms with Gasteiger partial charge >= 0.3 is 6.55 Å². The number of rotatable bonds is 5. The summed E-state index contributed by atoms with van der Waals surface area (Å²) in [5.74, 6) is -0.576. The molecular formula is C15H22F2N4O3. The summed E-state index contributed by atoms with van der Waals surface area (Å²) in [5.41, 5.74) is 1.10. The van der Waals surface area contributed by atoms with Crippen LogP contribution in [-0.4, -0.2) is 58.8 Å². The number of morpholine rings is 1. The van der Waals surface area contributed by atoms with Crippen LogP contribution in [0.2, 0.25) is 0 Å². The van der Waals surface area contributed by atoms with E-state index in [4.69, 9.17) is 4.74 Å². The third-order valence-electron chi connectivity index (χ3n) is 4.07. The second-order valence-electron chi connectivity index (χ2n) is 5.78. The van der Waals surface area contributed by atoms with Gasteiger partial charge in [0.25, 0.3) is 0 Å². The SMILES string of the molecule is Cc1nn(C(F)F)c(C)c1CC(=O)NC(C)C(=O)N1CCOCC1. The third kappa shape index (κ3) is 4.08. The van der Waals surface area contributed by atoms with Crippen molar-refractivity contribution in [3.05, 3.63) is 17.0 Å². The number of carbonyl (C=O) groups excluding carboxylic acids is 2. The fourth-order valence-electron chi connectivity index (χ4n) is 2.72. The van der Waals surface area contributed by atoms with E-state index in [1.165, 1.54) is 6.92 Å². The number of hydrogen-bond acceptors (Lipinski definition) is 4. The Bertz CT molecular complexity index is 612. The molecule has 0 saturated carbocycles. The quantitative estimate of drug-likeness (QED) is 0.857. The summed E-state index contributed by atoms with van der Waals surface area (Å²) in [7, 11) is 0. The zero-order valence-corrected chi connectivity index (χ0v) is 14.0. The monoisotopic (exact) mass is 344 g/mol. The summed E-state index contributed by atoms with van der Waals surface area (Å²) in [4.78, 5) is 26.1. The lowest BCUT2D eigenvalue weighted by molar-refractivity contribution is -0.139. The first kappa shape index (κ1) is 18.3. The first-order chi connectivity index (χ1) is 11.3. The van der Waals surface area contributed by atoms with Crippen molar-refractivity contribution in [1.82, 2.24) is 20.0 Å². The normalized spacial score (nSPS) is 16.3. The van der Waals surface area contributed by atoms with Crippen molar-refractivity contribution in [2.75, 3.05) is 26.3 Å². The summed E-state index contributed by atoms with van der Waals surface area (Å²) < 4.78 is 31.4. The number of aryl methyl sites for hydroxylation is 1. The van der Waals surface area contributed by atoms with Crippen LogP contribution in [0.25, 0.3) is 0 Å². The van der Waals surface area contributed by atoms with Crippen molar-refractivity contribution in [2.24, 2.45) is 0 Å². The number of ether oxygens (including phenoxy) is 1. The van der Waals surface area contributed by atoms with Gasteiger partial charge in [0.05, 0.1) is 25.3 Å². The summed E-state index contributed by atoms with van der Waals surface area (Å²) in [6, 6.07) is -0.679. The molecule has 7 nitrogen and oxygen atoms in total. The number of carbonyl (C=O) groups is 2. The largest absolute Gasteiger partial charge is 0.378 e. The standard InChI is InChI=1S/C15H22F2N4O3/c1-9-12(11(3)21(19-9)15(16)17)8-13(22)18-10(2)14(23)20-4-6-24-7-5-20/h10,15H,4-8H2,1-3H3,(H,18,22). The van der Waals surface area contributed by atoms with Crippen LogP contribution in [0, 0.1) is 13.8 Å². The minimum absolute atomic E-state index is 0.0921. The lowest BCUT2D eigenvalue weighted by Crippen LogP contribution is -2.50. The zero-order valence-electron chi connectivity index (χ0n) is 14.0. The molecule has 2 amide bonds. The Hall–Kier alpha value is -2.03. The van der Waals surface area contributed by atoms with Crippen molar-refractivity contribution in [3.63, 3.8) is 0 Å². The molecule has 2 heterocycles. The van der Waals surface area contributed by atoms with Crippen LogP contribution >= 0.6 is 0 Å². The van der Waals surface area contributed by atoms with Gasteiger partial charge in [-0.2, -0.15) is 13.9 Å². The molecular weight excluding hydrogens is 322 g/mol. The Labute approximate surface area is 138 Å². The number of amides is 2. The highest BCUT2D eigenvalue weighted by molar-refractivity contribution is 5.88. The molecule has 0 aliphatic carbocycles. The number of nitrogens with zero attached hydrogens (tertiary/aromatic N) is 3. The number of hydrogen-bond donors (Lipinski definition) is 1. The molecule has 1 aliphatic rings. The van der Waals surface area contributed by atoms with Gasteiger partial charge in [-0.25, -0.2) is 4.68 Å². The molecule has 1 fully saturated rings. The van der Waals surface area contributed by atoms with Crippen LogP contribution in [0.4, 0.5) is 8.78 Å². The molecule has 0 bridgehead atoms. The minimum Gasteiger partial charge on any atom is -0.378 e. The summed E-state index contributed by atoms with van der Waals surface area (Å²) >= 11 is 0.